The number of hydrogen-bond acceptors (Lipinski definition) is 3. The van der Waals surface area contributed by atoms with Gasteiger partial charge < -0.3 is 14.7 Å². The first-order chi connectivity index (χ1) is 7.22. The topological polar surface area (TPSA) is 49.8 Å². The monoisotopic (exact) mass is 229 g/mol. The third-order valence-corrected chi connectivity index (χ3v) is 2.89. The second kappa shape index (κ2) is 4.62. The lowest BCUT2D eigenvalue weighted by atomic mass is 9.99. The second-order valence-electron chi connectivity index (χ2n) is 5.67. The van der Waals surface area contributed by atoms with Gasteiger partial charge in [0.1, 0.15) is 5.60 Å². The van der Waals surface area contributed by atoms with E-state index in [1.54, 1.807) is 11.8 Å². The van der Waals surface area contributed by atoms with Crippen LogP contribution in [0.15, 0.2) is 0 Å². The van der Waals surface area contributed by atoms with Gasteiger partial charge in [-0.25, -0.2) is 4.79 Å². The lowest BCUT2D eigenvalue weighted by molar-refractivity contribution is 0.00355. The van der Waals surface area contributed by atoms with Crippen molar-refractivity contribution >= 4 is 6.09 Å². The van der Waals surface area contributed by atoms with E-state index in [1.165, 1.54) is 0 Å². The molecule has 0 aromatic rings. The van der Waals surface area contributed by atoms with Crippen LogP contribution < -0.4 is 0 Å². The van der Waals surface area contributed by atoms with E-state index in [1.807, 2.05) is 20.8 Å². The molecule has 0 bridgehead atoms. The first-order valence-corrected chi connectivity index (χ1v) is 5.90. The van der Waals surface area contributed by atoms with Crippen LogP contribution in [0.2, 0.25) is 0 Å². The van der Waals surface area contributed by atoms with E-state index in [9.17, 15) is 9.90 Å². The maximum atomic E-state index is 11.9. The van der Waals surface area contributed by atoms with Crippen molar-refractivity contribution in [1.82, 2.24) is 4.90 Å². The van der Waals surface area contributed by atoms with Gasteiger partial charge in [-0.15, -0.1) is 0 Å². The SMILES string of the molecule is CC(O)[C@@H]1[C@@H](C)CCN1C(=O)OC(C)(C)C. The zero-order valence-corrected chi connectivity index (χ0v) is 10.9. The van der Waals surface area contributed by atoms with Crippen molar-refractivity contribution in [1.29, 1.82) is 0 Å². The fourth-order valence-electron chi connectivity index (χ4n) is 2.24. The largest absolute Gasteiger partial charge is 0.444 e. The van der Waals surface area contributed by atoms with E-state index in [2.05, 4.69) is 6.92 Å². The maximum absolute atomic E-state index is 11.9. The summed E-state index contributed by atoms with van der Waals surface area (Å²) in [6.45, 7) is 10.0. The predicted octanol–water partition coefficient (Wildman–Crippen LogP) is 2.01. The Morgan fingerprint density at radius 2 is 2.06 bits per heavy atom. The summed E-state index contributed by atoms with van der Waals surface area (Å²) in [5.74, 6) is 0.326. The number of rotatable bonds is 1. The van der Waals surface area contributed by atoms with Crippen LogP contribution in [0.1, 0.15) is 41.0 Å². The van der Waals surface area contributed by atoms with E-state index < -0.39 is 11.7 Å². The highest BCUT2D eigenvalue weighted by Gasteiger charge is 2.39. The van der Waals surface area contributed by atoms with Crippen LogP contribution >= 0.6 is 0 Å². The summed E-state index contributed by atoms with van der Waals surface area (Å²) in [7, 11) is 0. The van der Waals surface area contributed by atoms with Crippen molar-refractivity contribution in [2.24, 2.45) is 5.92 Å². The molecule has 1 rings (SSSR count). The maximum Gasteiger partial charge on any atom is 0.410 e. The van der Waals surface area contributed by atoms with Gasteiger partial charge in [0, 0.05) is 6.54 Å². The van der Waals surface area contributed by atoms with Crippen LogP contribution in [0.25, 0.3) is 0 Å². The molecule has 0 aliphatic carbocycles. The van der Waals surface area contributed by atoms with Crippen LogP contribution in [0.4, 0.5) is 4.79 Å². The smallest absolute Gasteiger partial charge is 0.410 e. The number of nitrogens with zero attached hydrogens (tertiary/aromatic N) is 1. The van der Waals surface area contributed by atoms with E-state index in [0.29, 0.717) is 12.5 Å². The van der Waals surface area contributed by atoms with Crippen LogP contribution in [0.5, 0.6) is 0 Å². The molecule has 0 aromatic carbocycles. The molecule has 1 N–H and O–H groups in total. The Morgan fingerprint density at radius 3 is 2.50 bits per heavy atom. The molecule has 16 heavy (non-hydrogen) atoms. The van der Waals surface area contributed by atoms with Crippen LogP contribution in [0, 0.1) is 5.92 Å². The fraction of sp³-hybridized carbons (Fsp3) is 0.917. The number of likely N-dealkylation sites (tertiary alicyclic amines) is 1. The molecular weight excluding hydrogens is 206 g/mol. The fourth-order valence-corrected chi connectivity index (χ4v) is 2.24. The first-order valence-electron chi connectivity index (χ1n) is 5.90. The lowest BCUT2D eigenvalue weighted by Crippen LogP contribution is -2.46. The molecule has 0 saturated carbocycles. The summed E-state index contributed by atoms with van der Waals surface area (Å²) < 4.78 is 5.33. The standard InChI is InChI=1S/C12H23NO3/c1-8-6-7-13(10(8)9(2)14)11(15)16-12(3,4)5/h8-10,14H,6-7H2,1-5H3/t8-,9?,10-/m0/s1. The zero-order valence-electron chi connectivity index (χ0n) is 10.9. The highest BCUT2D eigenvalue weighted by molar-refractivity contribution is 5.69. The van der Waals surface area contributed by atoms with E-state index in [0.717, 1.165) is 6.42 Å². The summed E-state index contributed by atoms with van der Waals surface area (Å²) >= 11 is 0. The number of aliphatic hydroxyl groups is 1. The van der Waals surface area contributed by atoms with Gasteiger partial charge in [-0.05, 0) is 40.0 Å². The molecule has 4 heteroatoms. The van der Waals surface area contributed by atoms with Crippen molar-refractivity contribution in [3.05, 3.63) is 0 Å². The number of carbonyl (C=O) groups is 1. The Kier molecular flexibility index (Phi) is 3.84. The van der Waals surface area contributed by atoms with Crippen molar-refractivity contribution in [3.63, 3.8) is 0 Å². The van der Waals surface area contributed by atoms with Crippen molar-refractivity contribution in [3.8, 4) is 0 Å². The molecule has 94 valence electrons. The Labute approximate surface area is 97.6 Å². The average molecular weight is 229 g/mol. The number of ether oxygens (including phenoxy) is 1. The van der Waals surface area contributed by atoms with Gasteiger partial charge in [-0.2, -0.15) is 0 Å². The minimum atomic E-state index is -0.509. The van der Waals surface area contributed by atoms with E-state index >= 15 is 0 Å². The number of amides is 1. The molecule has 1 fully saturated rings. The predicted molar refractivity (Wildman–Crippen MR) is 62.2 cm³/mol. The third kappa shape index (κ3) is 3.11. The molecule has 1 heterocycles. The Hall–Kier alpha value is -0.770. The summed E-state index contributed by atoms with van der Waals surface area (Å²) in [6, 6.07) is -0.116. The van der Waals surface area contributed by atoms with Gasteiger partial charge in [0.15, 0.2) is 0 Å². The minimum Gasteiger partial charge on any atom is -0.444 e. The Balaban J connectivity index is 2.69. The quantitative estimate of drug-likeness (QED) is 0.748. The molecule has 1 amide bonds. The molecule has 4 nitrogen and oxygen atoms in total. The van der Waals surface area contributed by atoms with Gasteiger partial charge in [0.2, 0.25) is 0 Å². The molecule has 1 aliphatic heterocycles. The van der Waals surface area contributed by atoms with Gasteiger partial charge in [-0.1, -0.05) is 6.92 Å². The normalized spacial score (nSPS) is 28.0. The van der Waals surface area contributed by atoms with Crippen LogP contribution in [-0.4, -0.2) is 40.4 Å². The summed E-state index contributed by atoms with van der Waals surface area (Å²) in [6.07, 6.45) is 0.0993. The number of carbonyl (C=O) groups excluding carboxylic acids is 1. The second-order valence-corrected chi connectivity index (χ2v) is 5.67. The molecule has 1 saturated heterocycles. The Morgan fingerprint density at radius 1 is 1.50 bits per heavy atom. The molecule has 3 atom stereocenters. The summed E-state index contributed by atoms with van der Waals surface area (Å²) in [5.41, 5.74) is -0.480. The van der Waals surface area contributed by atoms with Gasteiger partial charge >= 0.3 is 6.09 Å². The average Bonchev–Trinajstić information content (AvgIpc) is 2.43. The van der Waals surface area contributed by atoms with E-state index in [-0.39, 0.29) is 12.1 Å². The molecule has 0 radical (unpaired) electrons. The molecular formula is C12H23NO3. The lowest BCUT2D eigenvalue weighted by Gasteiger charge is -2.31. The molecule has 0 spiro atoms. The van der Waals surface area contributed by atoms with Gasteiger partial charge in [0.25, 0.3) is 0 Å². The first kappa shape index (κ1) is 13.3. The summed E-state index contributed by atoms with van der Waals surface area (Å²) in [5, 5.41) is 9.69. The van der Waals surface area contributed by atoms with Crippen LogP contribution in [-0.2, 0) is 4.74 Å². The zero-order chi connectivity index (χ0) is 12.5. The van der Waals surface area contributed by atoms with Gasteiger partial charge in [-0.3, -0.25) is 0 Å². The van der Waals surface area contributed by atoms with Crippen molar-refractivity contribution < 1.29 is 14.6 Å². The molecule has 1 aliphatic rings. The van der Waals surface area contributed by atoms with Crippen molar-refractivity contribution in [2.75, 3.05) is 6.54 Å². The third-order valence-electron chi connectivity index (χ3n) is 2.89. The number of hydrogen-bond donors (Lipinski definition) is 1. The number of aliphatic hydroxyl groups excluding tert-OH is 1. The van der Waals surface area contributed by atoms with Crippen molar-refractivity contribution in [2.45, 2.75) is 58.8 Å². The molecule has 0 aromatic heterocycles. The minimum absolute atomic E-state index is 0.116. The van der Waals surface area contributed by atoms with Crippen LogP contribution in [0.3, 0.4) is 0 Å². The highest BCUT2D eigenvalue weighted by Crippen LogP contribution is 2.28. The summed E-state index contributed by atoms with van der Waals surface area (Å²) in [4.78, 5) is 13.6. The Bertz CT molecular complexity index is 257. The van der Waals surface area contributed by atoms with Gasteiger partial charge in [0.05, 0.1) is 12.1 Å². The molecule has 1 unspecified atom stereocenters. The highest BCUT2D eigenvalue weighted by atomic mass is 16.6. The van der Waals surface area contributed by atoms with E-state index in [4.69, 9.17) is 4.74 Å².